The second-order valence-electron chi connectivity index (χ2n) is 17.3. The van der Waals surface area contributed by atoms with Crippen LogP contribution < -0.4 is 4.74 Å². The van der Waals surface area contributed by atoms with Crippen molar-refractivity contribution in [3.8, 4) is 25.3 Å². The Balaban J connectivity index is 1.52. The van der Waals surface area contributed by atoms with Crippen molar-refractivity contribution in [3.63, 3.8) is 0 Å². The molecule has 0 saturated carbocycles. The molecule has 5 heterocycles. The molecule has 288 valence electrons. The molecular weight excluding hydrogens is 699 g/mol. The molecule has 3 aromatic heterocycles. The molecule has 3 atom stereocenters. The summed E-state index contributed by atoms with van der Waals surface area (Å²) in [5, 5.41) is 0. The van der Waals surface area contributed by atoms with Gasteiger partial charge in [0.25, 0.3) is 11.8 Å². The van der Waals surface area contributed by atoms with Crippen LogP contribution in [0.25, 0.3) is 19.5 Å². The van der Waals surface area contributed by atoms with Gasteiger partial charge in [0, 0.05) is 26.7 Å². The van der Waals surface area contributed by atoms with Crippen LogP contribution in [0.4, 0.5) is 0 Å². The van der Waals surface area contributed by atoms with Crippen LogP contribution in [0.2, 0.25) is 0 Å². The Bertz CT molecular complexity index is 1630. The fourth-order valence-corrected chi connectivity index (χ4v) is 12.0. The number of ether oxygens (including phenoxy) is 1. The number of carbonyl (C=O) groups excluding carboxylic acids is 2. The highest BCUT2D eigenvalue weighted by atomic mass is 32.1. The number of rotatable bonds is 21. The summed E-state index contributed by atoms with van der Waals surface area (Å²) in [6, 6.07) is 4.64. The predicted molar refractivity (Wildman–Crippen MR) is 226 cm³/mol. The molecule has 7 heteroatoms. The third kappa shape index (κ3) is 9.28. The number of imide groups is 1. The molecule has 3 aromatic rings. The maximum atomic E-state index is 14.2. The fraction of sp³-hybridized carbons (Fsp3) is 0.689. The third-order valence-corrected chi connectivity index (χ3v) is 15.4. The Labute approximate surface area is 328 Å². The molecule has 5 rings (SSSR count). The van der Waals surface area contributed by atoms with E-state index in [-0.39, 0.29) is 11.8 Å². The first-order valence-electron chi connectivity index (χ1n) is 20.7. The molecule has 0 bridgehead atoms. The molecule has 52 heavy (non-hydrogen) atoms. The molecular formula is C45H67NO3S3. The van der Waals surface area contributed by atoms with Crippen molar-refractivity contribution in [2.24, 2.45) is 29.6 Å². The number of amides is 2. The third-order valence-electron chi connectivity index (χ3n) is 11.8. The van der Waals surface area contributed by atoms with Crippen LogP contribution >= 0.6 is 34.0 Å². The van der Waals surface area contributed by atoms with Crippen molar-refractivity contribution in [2.75, 3.05) is 6.54 Å². The van der Waals surface area contributed by atoms with Crippen LogP contribution in [0.3, 0.4) is 0 Å². The summed E-state index contributed by atoms with van der Waals surface area (Å²) in [5.74, 6) is 3.95. The summed E-state index contributed by atoms with van der Waals surface area (Å²) in [4.78, 5) is 36.5. The molecule has 3 unspecified atom stereocenters. The molecule has 0 fully saturated rings. The standard InChI is InChI=1S/C45H67NO3S3/c1-11-13-20-34(12-2)27-46-43(47)38-33(10)51-42(39(38)44(46)48)37-26-35-40(52-37)41-36(25-32(9)50-41)49-45(35,23-21-30(7)18-14-16-28(3)4)24-22-31(8)19-15-17-29(5)6/h25-26,28-31,34H,11-24,27H2,1-10H3. The van der Waals surface area contributed by atoms with Crippen molar-refractivity contribution in [1.29, 1.82) is 0 Å². The molecule has 4 nitrogen and oxygen atoms in total. The second kappa shape index (κ2) is 18.1. The normalized spacial score (nSPS) is 18.6. The monoisotopic (exact) mass is 765 g/mol. The number of hydrogen-bond donors (Lipinski definition) is 0. The first kappa shape index (κ1) is 41.2. The first-order valence-corrected chi connectivity index (χ1v) is 23.2. The molecule has 0 N–H and O–H groups in total. The van der Waals surface area contributed by atoms with Gasteiger partial charge in [-0.1, -0.05) is 113 Å². The van der Waals surface area contributed by atoms with E-state index in [1.54, 1.807) is 16.2 Å². The van der Waals surface area contributed by atoms with E-state index in [0.29, 0.717) is 35.4 Å². The smallest absolute Gasteiger partial charge is 0.263 e. The molecule has 2 aliphatic rings. The lowest BCUT2D eigenvalue weighted by atomic mass is 9.78. The second-order valence-corrected chi connectivity index (χ2v) is 20.8. The van der Waals surface area contributed by atoms with Crippen LogP contribution in [0.15, 0.2) is 12.1 Å². The molecule has 0 aromatic carbocycles. The number of carbonyl (C=O) groups is 2. The van der Waals surface area contributed by atoms with Gasteiger partial charge >= 0.3 is 0 Å². The van der Waals surface area contributed by atoms with Gasteiger partial charge in [-0.3, -0.25) is 14.5 Å². The molecule has 0 radical (unpaired) electrons. The maximum absolute atomic E-state index is 14.2. The summed E-state index contributed by atoms with van der Waals surface area (Å²) in [5.41, 5.74) is 2.19. The van der Waals surface area contributed by atoms with E-state index in [2.05, 4.69) is 74.4 Å². The van der Waals surface area contributed by atoms with Crippen LogP contribution in [0, 0.1) is 43.4 Å². The average Bonchev–Trinajstić information content (AvgIpc) is 3.84. The number of nitrogens with zero attached hydrogens (tertiary/aromatic N) is 1. The van der Waals surface area contributed by atoms with E-state index in [1.165, 1.54) is 58.7 Å². The molecule has 2 aliphatic heterocycles. The Hall–Kier alpha value is -1.96. The van der Waals surface area contributed by atoms with Gasteiger partial charge in [0.2, 0.25) is 0 Å². The molecule has 2 amide bonds. The van der Waals surface area contributed by atoms with Gasteiger partial charge in [0.05, 0.1) is 25.8 Å². The summed E-state index contributed by atoms with van der Waals surface area (Å²) >= 11 is 5.28. The van der Waals surface area contributed by atoms with E-state index in [0.717, 1.165) is 83.6 Å². The maximum Gasteiger partial charge on any atom is 0.263 e. The van der Waals surface area contributed by atoms with Crippen LogP contribution in [0.5, 0.6) is 5.75 Å². The van der Waals surface area contributed by atoms with Gasteiger partial charge < -0.3 is 4.74 Å². The topological polar surface area (TPSA) is 46.6 Å². The fourth-order valence-electron chi connectivity index (χ4n) is 8.38. The minimum absolute atomic E-state index is 0.0944. The van der Waals surface area contributed by atoms with E-state index < -0.39 is 5.60 Å². The lowest BCUT2D eigenvalue weighted by molar-refractivity contribution is 0.0323. The Morgan fingerprint density at radius 2 is 1.31 bits per heavy atom. The minimum Gasteiger partial charge on any atom is -0.481 e. The highest BCUT2D eigenvalue weighted by Crippen LogP contribution is 2.58. The van der Waals surface area contributed by atoms with Crippen molar-refractivity contribution in [1.82, 2.24) is 4.90 Å². The Morgan fingerprint density at radius 3 is 1.88 bits per heavy atom. The quantitative estimate of drug-likeness (QED) is 0.101. The number of fused-ring (bicyclic) bond motifs is 4. The summed E-state index contributed by atoms with van der Waals surface area (Å²) in [6.07, 6.45) is 16.2. The number of unbranched alkanes of at least 4 members (excludes halogenated alkanes) is 1. The summed E-state index contributed by atoms with van der Waals surface area (Å²) in [7, 11) is 0. The van der Waals surface area contributed by atoms with Gasteiger partial charge in [0.15, 0.2) is 0 Å². The zero-order valence-corrected chi connectivity index (χ0v) is 36.5. The number of thiophene rings is 3. The van der Waals surface area contributed by atoms with E-state index >= 15 is 0 Å². The average molecular weight is 766 g/mol. The van der Waals surface area contributed by atoms with Gasteiger partial charge in [-0.15, -0.1) is 34.0 Å². The van der Waals surface area contributed by atoms with E-state index in [1.807, 2.05) is 29.6 Å². The highest BCUT2D eigenvalue weighted by Gasteiger charge is 2.46. The van der Waals surface area contributed by atoms with Crippen molar-refractivity contribution >= 4 is 45.8 Å². The number of hydrogen-bond acceptors (Lipinski definition) is 6. The first-order chi connectivity index (χ1) is 24.8. The lowest BCUT2D eigenvalue weighted by Gasteiger charge is -2.39. The van der Waals surface area contributed by atoms with Crippen LogP contribution in [0.1, 0.15) is 181 Å². The predicted octanol–water partition coefficient (Wildman–Crippen LogP) is 14.7. The van der Waals surface area contributed by atoms with E-state index in [9.17, 15) is 9.59 Å². The summed E-state index contributed by atoms with van der Waals surface area (Å²) in [6.45, 7) is 23.3. The Kier molecular flexibility index (Phi) is 14.4. The van der Waals surface area contributed by atoms with Gasteiger partial charge in [-0.25, -0.2) is 0 Å². The van der Waals surface area contributed by atoms with Crippen molar-refractivity contribution in [2.45, 2.75) is 165 Å². The van der Waals surface area contributed by atoms with Gasteiger partial charge in [0.1, 0.15) is 11.4 Å². The van der Waals surface area contributed by atoms with E-state index in [4.69, 9.17) is 4.74 Å². The van der Waals surface area contributed by atoms with Crippen LogP contribution in [-0.2, 0) is 5.60 Å². The zero-order valence-electron chi connectivity index (χ0n) is 34.0. The Morgan fingerprint density at radius 1 is 0.692 bits per heavy atom. The molecule has 0 spiro atoms. The molecule has 0 aliphatic carbocycles. The SMILES string of the molecule is CCCCC(CC)CN1C(=O)c2c(C)sc(-c3cc4c(s3)-c3sc(C)cc3OC4(CCC(C)CCCC(C)C)CCC(C)CCCC(C)C)c2C1=O. The lowest BCUT2D eigenvalue weighted by Crippen LogP contribution is -2.36. The van der Waals surface area contributed by atoms with Crippen molar-refractivity contribution < 1.29 is 14.3 Å². The largest absolute Gasteiger partial charge is 0.481 e. The highest BCUT2D eigenvalue weighted by molar-refractivity contribution is 7.27. The number of aryl methyl sites for hydroxylation is 2. The van der Waals surface area contributed by atoms with Gasteiger partial charge in [-0.05, 0) is 87.7 Å². The molecule has 0 saturated heterocycles. The van der Waals surface area contributed by atoms with Crippen LogP contribution in [-0.4, -0.2) is 23.3 Å². The minimum atomic E-state index is -0.405. The van der Waals surface area contributed by atoms with Crippen molar-refractivity contribution in [3.05, 3.63) is 38.6 Å². The zero-order chi connectivity index (χ0) is 37.7. The van der Waals surface area contributed by atoms with Gasteiger partial charge in [-0.2, -0.15) is 0 Å². The summed E-state index contributed by atoms with van der Waals surface area (Å²) < 4.78 is 7.33.